The first kappa shape index (κ1) is 15.0. The van der Waals surface area contributed by atoms with E-state index in [4.69, 9.17) is 4.74 Å². The molecule has 108 valence electrons. The number of rotatable bonds is 4. The van der Waals surface area contributed by atoms with E-state index < -0.39 is 15.6 Å². The molecule has 1 atom stereocenters. The molecule has 20 heavy (non-hydrogen) atoms. The summed E-state index contributed by atoms with van der Waals surface area (Å²) >= 11 is 0. The van der Waals surface area contributed by atoms with Crippen LogP contribution in [0.1, 0.15) is 18.9 Å². The van der Waals surface area contributed by atoms with Crippen molar-refractivity contribution in [3.05, 3.63) is 29.8 Å². The average molecular weight is 294 g/mol. The quantitative estimate of drug-likeness (QED) is 0.845. The van der Waals surface area contributed by atoms with Crippen LogP contribution in [0.3, 0.4) is 0 Å². The van der Waals surface area contributed by atoms with E-state index in [0.29, 0.717) is 13.0 Å². The van der Waals surface area contributed by atoms with E-state index in [-0.39, 0.29) is 11.5 Å². The van der Waals surface area contributed by atoms with E-state index in [2.05, 4.69) is 6.07 Å². The molecule has 1 heterocycles. The lowest BCUT2D eigenvalue weighted by molar-refractivity contribution is 0.162. The molecule has 0 N–H and O–H groups in total. The third kappa shape index (κ3) is 2.44. The van der Waals surface area contributed by atoms with Gasteiger partial charge in [-0.1, -0.05) is 19.1 Å². The van der Waals surface area contributed by atoms with Crippen molar-refractivity contribution in [2.24, 2.45) is 0 Å². The van der Waals surface area contributed by atoms with Crippen LogP contribution in [0.4, 0.5) is 0 Å². The molecule has 2 rings (SSSR count). The Morgan fingerprint density at radius 3 is 2.80 bits per heavy atom. The molecule has 5 nitrogen and oxygen atoms in total. The van der Waals surface area contributed by atoms with Gasteiger partial charge in [0.25, 0.3) is 0 Å². The second-order valence-electron chi connectivity index (χ2n) is 4.92. The normalized spacial score (nSPS) is 22.9. The van der Waals surface area contributed by atoms with Gasteiger partial charge in [0.2, 0.25) is 10.0 Å². The summed E-state index contributed by atoms with van der Waals surface area (Å²) in [6, 6.07) is 8.94. The summed E-state index contributed by atoms with van der Waals surface area (Å²) in [5.41, 5.74) is -0.144. The van der Waals surface area contributed by atoms with Crippen molar-refractivity contribution in [2.75, 3.05) is 20.3 Å². The summed E-state index contributed by atoms with van der Waals surface area (Å²) in [6.07, 6.45) is 1.16. The molecule has 0 bridgehead atoms. The van der Waals surface area contributed by atoms with Gasteiger partial charge < -0.3 is 4.74 Å². The third-order valence-corrected chi connectivity index (χ3v) is 5.70. The number of sulfonamides is 1. The molecule has 1 aliphatic rings. The molecule has 0 aliphatic carbocycles. The fourth-order valence-corrected chi connectivity index (χ4v) is 3.79. The minimum Gasteiger partial charge on any atom is -0.378 e. The van der Waals surface area contributed by atoms with Crippen LogP contribution in [0.25, 0.3) is 0 Å². The largest absolute Gasteiger partial charge is 0.378 e. The van der Waals surface area contributed by atoms with Crippen molar-refractivity contribution in [1.82, 2.24) is 4.31 Å². The molecule has 1 fully saturated rings. The molecule has 1 aromatic carbocycles. The number of likely N-dealkylation sites (N-methyl/N-ethyl adjacent to an activating group) is 1. The minimum absolute atomic E-state index is 0.118. The summed E-state index contributed by atoms with van der Waals surface area (Å²) in [6.45, 7) is 2.49. The van der Waals surface area contributed by atoms with Gasteiger partial charge in [-0.2, -0.15) is 9.57 Å². The molecule has 0 saturated carbocycles. The Morgan fingerprint density at radius 1 is 1.50 bits per heavy atom. The molecular formula is C14H18N2O3S. The second kappa shape index (κ2) is 5.52. The average Bonchev–Trinajstić information content (AvgIpc) is 2.96. The van der Waals surface area contributed by atoms with E-state index >= 15 is 0 Å². The molecule has 0 radical (unpaired) electrons. The Bertz CT molecular complexity index is 628. The number of ether oxygens (including phenoxy) is 1. The summed E-state index contributed by atoms with van der Waals surface area (Å²) in [5, 5.41) is 9.36. The number of hydrogen-bond acceptors (Lipinski definition) is 4. The molecule has 6 heteroatoms. The highest BCUT2D eigenvalue weighted by molar-refractivity contribution is 7.89. The van der Waals surface area contributed by atoms with Crippen LogP contribution in [-0.4, -0.2) is 38.5 Å². The maximum atomic E-state index is 12.7. The van der Waals surface area contributed by atoms with Gasteiger partial charge in [0.15, 0.2) is 0 Å². The lowest BCUT2D eigenvalue weighted by Crippen LogP contribution is -2.49. The van der Waals surface area contributed by atoms with Gasteiger partial charge in [-0.25, -0.2) is 8.42 Å². The molecule has 0 amide bonds. The summed E-state index contributed by atoms with van der Waals surface area (Å²) in [4.78, 5) is 0.223. The predicted octanol–water partition coefficient (Wildman–Crippen LogP) is 1.55. The fraction of sp³-hybridized carbons (Fsp3) is 0.500. The minimum atomic E-state index is -3.69. The maximum absolute atomic E-state index is 12.7. The first-order valence-corrected chi connectivity index (χ1v) is 7.97. The fourth-order valence-electron chi connectivity index (χ4n) is 2.28. The monoisotopic (exact) mass is 294 g/mol. The zero-order valence-electron chi connectivity index (χ0n) is 11.7. The lowest BCUT2D eigenvalue weighted by Gasteiger charge is -2.30. The van der Waals surface area contributed by atoms with Crippen molar-refractivity contribution >= 4 is 10.0 Å². The second-order valence-corrected chi connectivity index (χ2v) is 6.89. The third-order valence-electron chi connectivity index (χ3n) is 3.78. The van der Waals surface area contributed by atoms with Crippen LogP contribution in [0, 0.1) is 11.3 Å². The van der Waals surface area contributed by atoms with Crippen molar-refractivity contribution in [2.45, 2.75) is 30.2 Å². The smallest absolute Gasteiger partial charge is 0.244 e. The van der Waals surface area contributed by atoms with Gasteiger partial charge in [-0.15, -0.1) is 0 Å². The van der Waals surface area contributed by atoms with Gasteiger partial charge >= 0.3 is 0 Å². The summed E-state index contributed by atoms with van der Waals surface area (Å²) in [7, 11) is -2.24. The van der Waals surface area contributed by atoms with Crippen molar-refractivity contribution < 1.29 is 13.2 Å². The van der Waals surface area contributed by atoms with E-state index in [1.807, 2.05) is 13.0 Å². The number of aryl methyl sites for hydroxylation is 1. The standard InChI is InChI=1S/C14H18N2O3S/c1-3-12-5-4-6-13(9-12)20(17,18)16(2)14(10-15)7-8-19-11-14/h4-6,9H,3,7-8,11H2,1-2H3/t14-/m1/s1. The topological polar surface area (TPSA) is 70.4 Å². The van der Waals surface area contributed by atoms with E-state index in [0.717, 1.165) is 16.3 Å². The van der Waals surface area contributed by atoms with E-state index in [9.17, 15) is 13.7 Å². The van der Waals surface area contributed by atoms with Gasteiger partial charge in [0, 0.05) is 20.1 Å². The maximum Gasteiger partial charge on any atom is 0.244 e. The number of nitriles is 1. The summed E-state index contributed by atoms with van der Waals surface area (Å²) in [5.74, 6) is 0. The molecule has 0 spiro atoms. The van der Waals surface area contributed by atoms with Gasteiger partial charge in [-0.05, 0) is 24.1 Å². The predicted molar refractivity (Wildman–Crippen MR) is 74.5 cm³/mol. The molecular weight excluding hydrogens is 276 g/mol. The summed E-state index contributed by atoms with van der Waals surface area (Å²) < 4.78 is 31.7. The van der Waals surface area contributed by atoms with Crippen molar-refractivity contribution in [1.29, 1.82) is 5.26 Å². The van der Waals surface area contributed by atoms with Crippen LogP contribution in [0.2, 0.25) is 0 Å². The van der Waals surface area contributed by atoms with Crippen LogP contribution < -0.4 is 0 Å². The van der Waals surface area contributed by atoms with Crippen molar-refractivity contribution in [3.63, 3.8) is 0 Å². The number of nitrogens with zero attached hydrogens (tertiary/aromatic N) is 2. The first-order valence-electron chi connectivity index (χ1n) is 6.53. The lowest BCUT2D eigenvalue weighted by atomic mass is 10.0. The molecule has 0 aromatic heterocycles. The molecule has 1 aliphatic heterocycles. The first-order chi connectivity index (χ1) is 9.46. The zero-order valence-corrected chi connectivity index (χ0v) is 12.5. The van der Waals surface area contributed by atoms with Gasteiger partial charge in [-0.3, -0.25) is 0 Å². The van der Waals surface area contributed by atoms with Crippen LogP contribution in [0.5, 0.6) is 0 Å². The Balaban J connectivity index is 2.41. The highest BCUT2D eigenvalue weighted by Gasteiger charge is 2.45. The molecule has 0 unspecified atom stereocenters. The Labute approximate surface area is 119 Å². The van der Waals surface area contributed by atoms with Crippen molar-refractivity contribution in [3.8, 4) is 6.07 Å². The Morgan fingerprint density at radius 2 is 2.25 bits per heavy atom. The SMILES string of the molecule is CCc1cccc(S(=O)(=O)N(C)[C@@]2(C#N)CCOC2)c1. The highest BCUT2D eigenvalue weighted by Crippen LogP contribution is 2.30. The zero-order chi connectivity index (χ0) is 14.8. The Kier molecular flexibility index (Phi) is 4.14. The number of benzene rings is 1. The van der Waals surface area contributed by atoms with Gasteiger partial charge in [0.05, 0.1) is 17.6 Å². The number of hydrogen-bond donors (Lipinski definition) is 0. The van der Waals surface area contributed by atoms with Gasteiger partial charge in [0.1, 0.15) is 5.54 Å². The van der Waals surface area contributed by atoms with E-state index in [1.54, 1.807) is 18.2 Å². The van der Waals surface area contributed by atoms with Crippen LogP contribution >= 0.6 is 0 Å². The van der Waals surface area contributed by atoms with Crippen LogP contribution in [-0.2, 0) is 21.2 Å². The van der Waals surface area contributed by atoms with E-state index in [1.165, 1.54) is 7.05 Å². The van der Waals surface area contributed by atoms with Crippen LogP contribution in [0.15, 0.2) is 29.2 Å². The highest BCUT2D eigenvalue weighted by atomic mass is 32.2. The Hall–Kier alpha value is -1.42. The molecule has 1 saturated heterocycles. The molecule has 1 aromatic rings.